The summed E-state index contributed by atoms with van der Waals surface area (Å²) >= 11 is 0. The van der Waals surface area contributed by atoms with Gasteiger partial charge in [-0.1, -0.05) is 30.8 Å². The van der Waals surface area contributed by atoms with Gasteiger partial charge in [-0.15, -0.1) is 0 Å². The molecule has 2 rings (SSSR count). The summed E-state index contributed by atoms with van der Waals surface area (Å²) in [4.78, 5) is 8.63. The summed E-state index contributed by atoms with van der Waals surface area (Å²) in [5.74, 6) is 2.98. The lowest BCUT2D eigenvalue weighted by Gasteiger charge is -2.12. The van der Waals surface area contributed by atoms with E-state index in [1.807, 2.05) is 0 Å². The standard InChI is InChI=1S/C15H27N5O/c1-3-16-15(18-11-14-19-12(2)21-20-14)17-10-6-9-13-7-4-5-8-13/h13H,3-11H2,1-2H3,(H2,16,17,18). The Kier molecular flexibility index (Phi) is 6.50. The highest BCUT2D eigenvalue weighted by Crippen LogP contribution is 2.28. The van der Waals surface area contributed by atoms with Crippen molar-refractivity contribution in [3.8, 4) is 0 Å². The quantitative estimate of drug-likeness (QED) is 0.459. The Balaban J connectivity index is 1.70. The molecule has 1 fully saturated rings. The van der Waals surface area contributed by atoms with Crippen LogP contribution in [0.2, 0.25) is 0 Å². The number of hydrogen-bond acceptors (Lipinski definition) is 4. The highest BCUT2D eigenvalue weighted by atomic mass is 16.5. The molecular weight excluding hydrogens is 266 g/mol. The largest absolute Gasteiger partial charge is 0.357 e. The van der Waals surface area contributed by atoms with Crippen molar-refractivity contribution < 1.29 is 4.52 Å². The van der Waals surface area contributed by atoms with E-state index in [1.165, 1.54) is 38.5 Å². The molecule has 0 saturated heterocycles. The number of hydrogen-bond donors (Lipinski definition) is 2. The molecule has 0 unspecified atom stereocenters. The van der Waals surface area contributed by atoms with Gasteiger partial charge in [0.15, 0.2) is 11.8 Å². The number of aromatic nitrogens is 2. The fourth-order valence-corrected chi connectivity index (χ4v) is 2.79. The third-order valence-electron chi connectivity index (χ3n) is 3.85. The van der Waals surface area contributed by atoms with E-state index in [0.717, 1.165) is 25.0 Å². The minimum Gasteiger partial charge on any atom is -0.357 e. The molecule has 6 nitrogen and oxygen atoms in total. The second-order valence-electron chi connectivity index (χ2n) is 5.64. The maximum atomic E-state index is 4.94. The molecule has 1 aromatic heterocycles. The molecule has 2 N–H and O–H groups in total. The van der Waals surface area contributed by atoms with E-state index >= 15 is 0 Å². The van der Waals surface area contributed by atoms with Crippen molar-refractivity contribution in [2.45, 2.75) is 58.9 Å². The van der Waals surface area contributed by atoms with Crippen LogP contribution in [0.1, 0.15) is 57.2 Å². The van der Waals surface area contributed by atoms with Crippen LogP contribution in [0, 0.1) is 12.8 Å². The van der Waals surface area contributed by atoms with Crippen molar-refractivity contribution in [3.63, 3.8) is 0 Å². The normalized spacial score (nSPS) is 16.4. The van der Waals surface area contributed by atoms with Gasteiger partial charge in [-0.25, -0.2) is 4.99 Å². The molecule has 21 heavy (non-hydrogen) atoms. The predicted octanol–water partition coefficient (Wildman–Crippen LogP) is 2.40. The molecule has 6 heteroatoms. The fraction of sp³-hybridized carbons (Fsp3) is 0.800. The smallest absolute Gasteiger partial charge is 0.223 e. The lowest BCUT2D eigenvalue weighted by molar-refractivity contribution is 0.387. The molecule has 1 aromatic rings. The Bertz CT molecular complexity index is 437. The van der Waals surface area contributed by atoms with E-state index in [1.54, 1.807) is 6.92 Å². The molecule has 118 valence electrons. The van der Waals surface area contributed by atoms with Crippen LogP contribution in [0.3, 0.4) is 0 Å². The highest BCUT2D eigenvalue weighted by molar-refractivity contribution is 5.79. The molecule has 0 amide bonds. The Hall–Kier alpha value is -1.59. The summed E-state index contributed by atoms with van der Waals surface area (Å²) in [7, 11) is 0. The third kappa shape index (κ3) is 5.73. The molecule has 1 aliphatic rings. The Morgan fingerprint density at radius 2 is 2.14 bits per heavy atom. The average molecular weight is 293 g/mol. The zero-order valence-corrected chi connectivity index (χ0v) is 13.2. The van der Waals surface area contributed by atoms with E-state index in [2.05, 4.69) is 32.7 Å². The molecule has 0 spiro atoms. The van der Waals surface area contributed by atoms with Crippen molar-refractivity contribution in [2.75, 3.05) is 13.1 Å². The van der Waals surface area contributed by atoms with E-state index in [-0.39, 0.29) is 0 Å². The molecule has 0 aliphatic heterocycles. The van der Waals surface area contributed by atoms with Crippen molar-refractivity contribution in [2.24, 2.45) is 10.9 Å². The molecule has 0 atom stereocenters. The van der Waals surface area contributed by atoms with Crippen molar-refractivity contribution in [1.82, 2.24) is 20.8 Å². The SMILES string of the molecule is CCNC(=NCc1noc(C)n1)NCCCC1CCCC1. The number of guanidine groups is 1. The van der Waals surface area contributed by atoms with Crippen molar-refractivity contribution in [3.05, 3.63) is 11.7 Å². The maximum absolute atomic E-state index is 4.94. The van der Waals surface area contributed by atoms with Crippen LogP contribution in [0.5, 0.6) is 0 Å². The van der Waals surface area contributed by atoms with E-state index in [0.29, 0.717) is 18.3 Å². The Morgan fingerprint density at radius 3 is 2.81 bits per heavy atom. The van der Waals surface area contributed by atoms with Crippen LogP contribution < -0.4 is 10.6 Å². The number of rotatable bonds is 7. The van der Waals surface area contributed by atoms with Gasteiger partial charge < -0.3 is 15.2 Å². The van der Waals surface area contributed by atoms with E-state index in [9.17, 15) is 0 Å². The van der Waals surface area contributed by atoms with Crippen LogP contribution in [0.25, 0.3) is 0 Å². The first-order chi connectivity index (χ1) is 10.3. The van der Waals surface area contributed by atoms with Crippen molar-refractivity contribution in [1.29, 1.82) is 0 Å². The van der Waals surface area contributed by atoms with Gasteiger partial charge in [-0.3, -0.25) is 0 Å². The first-order valence-electron chi connectivity index (χ1n) is 8.09. The fourth-order valence-electron chi connectivity index (χ4n) is 2.79. The number of nitrogens with one attached hydrogen (secondary N) is 2. The summed E-state index contributed by atoms with van der Waals surface area (Å²) in [5.41, 5.74) is 0. The van der Waals surface area contributed by atoms with Gasteiger partial charge in [0, 0.05) is 20.0 Å². The van der Waals surface area contributed by atoms with Gasteiger partial charge in [0.05, 0.1) is 0 Å². The molecule has 1 aliphatic carbocycles. The third-order valence-corrected chi connectivity index (χ3v) is 3.85. The second-order valence-corrected chi connectivity index (χ2v) is 5.64. The van der Waals surface area contributed by atoms with E-state index < -0.39 is 0 Å². The summed E-state index contributed by atoms with van der Waals surface area (Å²) < 4.78 is 4.94. The average Bonchev–Trinajstić information content (AvgIpc) is 3.12. The molecule has 1 saturated carbocycles. The summed E-state index contributed by atoms with van der Waals surface area (Å²) in [6.07, 6.45) is 8.22. The second kappa shape index (κ2) is 8.64. The number of aliphatic imine (C=N–C) groups is 1. The maximum Gasteiger partial charge on any atom is 0.223 e. The molecular formula is C15H27N5O. The van der Waals surface area contributed by atoms with Crippen molar-refractivity contribution >= 4 is 5.96 Å². The first kappa shape index (κ1) is 15.8. The van der Waals surface area contributed by atoms with Crippen LogP contribution in [0.4, 0.5) is 0 Å². The van der Waals surface area contributed by atoms with Gasteiger partial charge in [-0.2, -0.15) is 4.98 Å². The summed E-state index contributed by atoms with van der Waals surface area (Å²) in [6, 6.07) is 0. The Labute approximate surface area is 126 Å². The van der Waals surface area contributed by atoms with E-state index in [4.69, 9.17) is 4.52 Å². The molecule has 0 bridgehead atoms. The Morgan fingerprint density at radius 1 is 1.33 bits per heavy atom. The zero-order chi connectivity index (χ0) is 14.9. The minimum absolute atomic E-state index is 0.440. The predicted molar refractivity (Wildman–Crippen MR) is 83.0 cm³/mol. The highest BCUT2D eigenvalue weighted by Gasteiger charge is 2.14. The molecule has 0 aromatic carbocycles. The minimum atomic E-state index is 0.440. The van der Waals surface area contributed by atoms with Crippen LogP contribution in [0.15, 0.2) is 9.52 Å². The van der Waals surface area contributed by atoms with Crippen LogP contribution in [-0.2, 0) is 6.54 Å². The van der Waals surface area contributed by atoms with Crippen LogP contribution >= 0.6 is 0 Å². The van der Waals surface area contributed by atoms with Gasteiger partial charge in [0.1, 0.15) is 6.54 Å². The topological polar surface area (TPSA) is 75.3 Å². The van der Waals surface area contributed by atoms with Gasteiger partial charge in [0.2, 0.25) is 5.89 Å². The lowest BCUT2D eigenvalue weighted by atomic mass is 10.0. The van der Waals surface area contributed by atoms with Gasteiger partial charge in [-0.05, 0) is 25.7 Å². The lowest BCUT2D eigenvalue weighted by Crippen LogP contribution is -2.37. The summed E-state index contributed by atoms with van der Waals surface area (Å²) in [6.45, 7) is 6.10. The van der Waals surface area contributed by atoms with Crippen LogP contribution in [-0.4, -0.2) is 29.2 Å². The monoisotopic (exact) mass is 293 g/mol. The molecule has 0 radical (unpaired) electrons. The number of nitrogens with zero attached hydrogens (tertiary/aromatic N) is 3. The summed E-state index contributed by atoms with van der Waals surface area (Å²) in [5, 5.41) is 10.5. The first-order valence-corrected chi connectivity index (χ1v) is 8.09. The number of aryl methyl sites for hydroxylation is 1. The van der Waals surface area contributed by atoms with Gasteiger partial charge in [0.25, 0.3) is 0 Å². The molecule has 1 heterocycles. The zero-order valence-electron chi connectivity index (χ0n) is 13.2. The van der Waals surface area contributed by atoms with Gasteiger partial charge >= 0.3 is 0 Å².